The van der Waals surface area contributed by atoms with E-state index in [1.54, 1.807) is 18.3 Å². The molecular weight excluding hydrogens is 364 g/mol. The summed E-state index contributed by atoms with van der Waals surface area (Å²) in [6.45, 7) is 7.09. The van der Waals surface area contributed by atoms with Gasteiger partial charge in [-0.25, -0.2) is 0 Å². The Bertz CT molecular complexity index is 929. The number of aromatic nitrogens is 3. The van der Waals surface area contributed by atoms with Crippen molar-refractivity contribution in [2.24, 2.45) is 0 Å². The highest BCUT2D eigenvalue weighted by molar-refractivity contribution is 7.08. The summed E-state index contributed by atoms with van der Waals surface area (Å²) < 4.78 is 11.2. The highest BCUT2D eigenvalue weighted by Gasteiger charge is 2.32. The maximum atomic E-state index is 13.1. The van der Waals surface area contributed by atoms with Crippen LogP contribution in [-0.2, 0) is 0 Å². The Hall–Kier alpha value is -2.48. The van der Waals surface area contributed by atoms with Gasteiger partial charge >= 0.3 is 0 Å². The average Bonchev–Trinajstić information content (AvgIpc) is 3.41. The van der Waals surface area contributed by atoms with Crippen molar-refractivity contribution in [3.05, 3.63) is 39.7 Å². The standard InChI is InChI=1S/C19H22N4O3S/c1-11(2)16-15(12(3)26-22-16)19(24)23-7-4-5-13(9-23)17-20-21-18(25-17)14-6-8-27-10-14/h6,8,10-11,13H,4-5,7,9H2,1-3H3. The molecule has 0 saturated carbocycles. The summed E-state index contributed by atoms with van der Waals surface area (Å²) in [5.41, 5.74) is 2.25. The SMILES string of the molecule is Cc1onc(C(C)C)c1C(=O)N1CCCC(c2nnc(-c3ccsc3)o2)C1. The van der Waals surface area contributed by atoms with Gasteiger partial charge in [-0.05, 0) is 37.1 Å². The van der Waals surface area contributed by atoms with Crippen molar-refractivity contribution in [2.75, 3.05) is 13.1 Å². The first-order valence-electron chi connectivity index (χ1n) is 9.16. The average molecular weight is 386 g/mol. The van der Waals surface area contributed by atoms with Crippen LogP contribution >= 0.6 is 11.3 Å². The van der Waals surface area contributed by atoms with E-state index in [0.717, 1.165) is 24.1 Å². The first kappa shape index (κ1) is 17.9. The lowest BCUT2D eigenvalue weighted by Crippen LogP contribution is -2.39. The maximum absolute atomic E-state index is 13.1. The molecule has 4 heterocycles. The molecule has 0 spiro atoms. The Labute approximate surface area is 161 Å². The molecule has 0 aromatic carbocycles. The number of likely N-dealkylation sites (tertiary alicyclic amines) is 1. The molecule has 0 aliphatic carbocycles. The minimum absolute atomic E-state index is 0.0280. The molecule has 1 aliphatic rings. The van der Waals surface area contributed by atoms with Gasteiger partial charge in [0.1, 0.15) is 11.3 Å². The quantitative estimate of drug-likeness (QED) is 0.667. The number of thiophene rings is 1. The molecule has 1 unspecified atom stereocenters. The molecule has 3 aromatic heterocycles. The fraction of sp³-hybridized carbons (Fsp3) is 0.474. The number of nitrogens with zero attached hydrogens (tertiary/aromatic N) is 4. The summed E-state index contributed by atoms with van der Waals surface area (Å²) in [6, 6.07) is 1.96. The number of aryl methyl sites for hydroxylation is 1. The third-order valence-electron chi connectivity index (χ3n) is 4.92. The Kier molecular flexibility index (Phi) is 4.82. The van der Waals surface area contributed by atoms with Crippen molar-refractivity contribution >= 4 is 17.2 Å². The van der Waals surface area contributed by atoms with Gasteiger partial charge in [-0.3, -0.25) is 4.79 Å². The Morgan fingerprint density at radius 2 is 2.22 bits per heavy atom. The molecule has 142 valence electrons. The number of piperidine rings is 1. The summed E-state index contributed by atoms with van der Waals surface area (Å²) in [6.07, 6.45) is 1.82. The maximum Gasteiger partial charge on any atom is 0.259 e. The zero-order valence-electron chi connectivity index (χ0n) is 15.6. The largest absolute Gasteiger partial charge is 0.420 e. The number of amides is 1. The molecule has 0 radical (unpaired) electrons. The van der Waals surface area contributed by atoms with Crippen LogP contribution in [0.5, 0.6) is 0 Å². The van der Waals surface area contributed by atoms with Crippen LogP contribution in [0.2, 0.25) is 0 Å². The predicted molar refractivity (Wildman–Crippen MR) is 101 cm³/mol. The van der Waals surface area contributed by atoms with E-state index in [0.29, 0.717) is 36.2 Å². The van der Waals surface area contributed by atoms with Gasteiger partial charge < -0.3 is 13.8 Å². The highest BCUT2D eigenvalue weighted by atomic mass is 32.1. The zero-order valence-corrected chi connectivity index (χ0v) is 16.5. The molecule has 3 aromatic rings. The summed E-state index contributed by atoms with van der Waals surface area (Å²) in [5.74, 6) is 1.85. The Balaban J connectivity index is 1.53. The number of rotatable bonds is 4. The summed E-state index contributed by atoms with van der Waals surface area (Å²) >= 11 is 1.59. The molecular formula is C19H22N4O3S. The Morgan fingerprint density at radius 3 is 2.96 bits per heavy atom. The topological polar surface area (TPSA) is 85.3 Å². The van der Waals surface area contributed by atoms with Gasteiger partial charge in [-0.2, -0.15) is 11.3 Å². The van der Waals surface area contributed by atoms with Crippen LogP contribution in [0.3, 0.4) is 0 Å². The minimum atomic E-state index is -0.0280. The first-order chi connectivity index (χ1) is 13.0. The van der Waals surface area contributed by atoms with E-state index >= 15 is 0 Å². The minimum Gasteiger partial charge on any atom is -0.420 e. The van der Waals surface area contributed by atoms with Crippen LogP contribution in [0.4, 0.5) is 0 Å². The van der Waals surface area contributed by atoms with E-state index in [2.05, 4.69) is 15.4 Å². The number of hydrogen-bond donors (Lipinski definition) is 0. The lowest BCUT2D eigenvalue weighted by atomic mass is 9.96. The van der Waals surface area contributed by atoms with Gasteiger partial charge in [0.05, 0.1) is 11.6 Å². The molecule has 27 heavy (non-hydrogen) atoms. The zero-order chi connectivity index (χ0) is 19.0. The van der Waals surface area contributed by atoms with Crippen molar-refractivity contribution in [1.82, 2.24) is 20.3 Å². The van der Waals surface area contributed by atoms with Gasteiger partial charge in [0.15, 0.2) is 0 Å². The third-order valence-corrected chi connectivity index (χ3v) is 5.60. The van der Waals surface area contributed by atoms with Gasteiger partial charge in [0.25, 0.3) is 5.91 Å². The van der Waals surface area contributed by atoms with E-state index < -0.39 is 0 Å². The van der Waals surface area contributed by atoms with Crippen LogP contribution < -0.4 is 0 Å². The van der Waals surface area contributed by atoms with E-state index in [1.807, 2.05) is 35.6 Å². The van der Waals surface area contributed by atoms with E-state index in [1.165, 1.54) is 0 Å². The summed E-state index contributed by atoms with van der Waals surface area (Å²) in [4.78, 5) is 15.0. The highest BCUT2D eigenvalue weighted by Crippen LogP contribution is 2.31. The molecule has 1 saturated heterocycles. The fourth-order valence-corrected chi connectivity index (χ4v) is 4.10. The van der Waals surface area contributed by atoms with E-state index in [9.17, 15) is 4.79 Å². The molecule has 0 bridgehead atoms. The second kappa shape index (κ2) is 7.26. The molecule has 1 atom stereocenters. The second-order valence-corrected chi connectivity index (χ2v) is 7.98. The van der Waals surface area contributed by atoms with E-state index in [-0.39, 0.29) is 17.7 Å². The van der Waals surface area contributed by atoms with Crippen molar-refractivity contribution in [3.63, 3.8) is 0 Å². The van der Waals surface area contributed by atoms with Crippen molar-refractivity contribution < 1.29 is 13.7 Å². The lowest BCUT2D eigenvalue weighted by Gasteiger charge is -2.31. The van der Waals surface area contributed by atoms with Crippen LogP contribution in [-0.4, -0.2) is 39.3 Å². The first-order valence-corrected chi connectivity index (χ1v) is 10.1. The molecule has 1 fully saturated rings. The molecule has 4 rings (SSSR count). The Morgan fingerprint density at radius 1 is 1.37 bits per heavy atom. The molecule has 7 nitrogen and oxygen atoms in total. The van der Waals surface area contributed by atoms with Gasteiger partial charge in [-0.15, -0.1) is 10.2 Å². The predicted octanol–water partition coefficient (Wildman–Crippen LogP) is 4.24. The molecule has 1 aliphatic heterocycles. The molecule has 1 amide bonds. The van der Waals surface area contributed by atoms with E-state index in [4.69, 9.17) is 8.94 Å². The van der Waals surface area contributed by atoms with Crippen LogP contribution in [0, 0.1) is 6.92 Å². The lowest BCUT2D eigenvalue weighted by molar-refractivity contribution is 0.0695. The number of carbonyl (C=O) groups excluding carboxylic acids is 1. The summed E-state index contributed by atoms with van der Waals surface area (Å²) in [7, 11) is 0. The monoisotopic (exact) mass is 386 g/mol. The number of hydrogen-bond acceptors (Lipinski definition) is 7. The van der Waals surface area contributed by atoms with Crippen molar-refractivity contribution in [3.8, 4) is 11.5 Å². The normalized spacial score (nSPS) is 17.6. The van der Waals surface area contributed by atoms with Crippen LogP contribution in [0.15, 0.2) is 25.8 Å². The van der Waals surface area contributed by atoms with Crippen molar-refractivity contribution in [1.29, 1.82) is 0 Å². The molecule has 8 heteroatoms. The van der Waals surface area contributed by atoms with Gasteiger partial charge in [-0.1, -0.05) is 19.0 Å². The summed E-state index contributed by atoms with van der Waals surface area (Å²) in [5, 5.41) is 16.4. The fourth-order valence-electron chi connectivity index (χ4n) is 3.47. The smallest absolute Gasteiger partial charge is 0.259 e. The van der Waals surface area contributed by atoms with Gasteiger partial charge in [0.2, 0.25) is 11.8 Å². The van der Waals surface area contributed by atoms with Gasteiger partial charge in [0, 0.05) is 24.0 Å². The van der Waals surface area contributed by atoms with Crippen molar-refractivity contribution in [2.45, 2.75) is 45.4 Å². The second-order valence-electron chi connectivity index (χ2n) is 7.20. The molecule has 0 N–H and O–H groups in total. The van der Waals surface area contributed by atoms with Crippen LogP contribution in [0.1, 0.15) is 66.2 Å². The van der Waals surface area contributed by atoms with Crippen LogP contribution in [0.25, 0.3) is 11.5 Å². The third kappa shape index (κ3) is 3.41. The number of carbonyl (C=O) groups is 1.